The highest BCUT2D eigenvalue weighted by molar-refractivity contribution is 6.08. The Hall–Kier alpha value is -5.08. The largest absolute Gasteiger partial charge is 0.248 e. The van der Waals surface area contributed by atoms with Gasteiger partial charge in [-0.05, 0) is 69.5 Å². The van der Waals surface area contributed by atoms with Crippen molar-refractivity contribution in [2.75, 3.05) is 0 Å². The second-order valence-corrected chi connectivity index (χ2v) is 12.3. The quantitative estimate of drug-likeness (QED) is 0.186. The number of hydrogen-bond donors (Lipinski definition) is 0. The number of benzene rings is 5. The van der Waals surface area contributed by atoms with Crippen LogP contribution in [-0.4, -0.2) is 9.97 Å². The predicted molar refractivity (Wildman–Crippen MR) is 187 cm³/mol. The van der Waals surface area contributed by atoms with Crippen molar-refractivity contribution in [3.8, 4) is 44.8 Å². The molecule has 0 bridgehead atoms. The third-order valence-corrected chi connectivity index (χ3v) is 8.65. The number of nitrogens with zero attached hydrogens (tertiary/aromatic N) is 2. The van der Waals surface area contributed by atoms with E-state index >= 15 is 0 Å². The molecule has 0 atom stereocenters. The van der Waals surface area contributed by atoms with Gasteiger partial charge in [-0.1, -0.05) is 137 Å². The van der Waals surface area contributed by atoms with Crippen LogP contribution in [0.4, 0.5) is 0 Å². The van der Waals surface area contributed by atoms with Crippen LogP contribution in [0.3, 0.4) is 0 Å². The number of pyridine rings is 2. The molecule has 7 aromatic rings. The minimum absolute atomic E-state index is 0.488. The van der Waals surface area contributed by atoms with Crippen LogP contribution < -0.4 is 0 Å². The summed E-state index contributed by atoms with van der Waals surface area (Å²) in [6.07, 6.45) is 0. The molecule has 214 valence electrons. The molecule has 2 nitrogen and oxygen atoms in total. The average Bonchev–Trinajstić information content (AvgIpc) is 3.07. The summed E-state index contributed by atoms with van der Waals surface area (Å²) in [5.74, 6) is 0.976. The van der Waals surface area contributed by atoms with E-state index in [0.29, 0.717) is 11.8 Å². The van der Waals surface area contributed by atoms with Crippen LogP contribution in [0.1, 0.15) is 50.7 Å². The second kappa shape index (κ2) is 11.5. The smallest absolute Gasteiger partial charge is 0.0723 e. The first-order valence-electron chi connectivity index (χ1n) is 15.6. The summed E-state index contributed by atoms with van der Waals surface area (Å²) < 4.78 is 0. The van der Waals surface area contributed by atoms with E-state index in [1.54, 1.807) is 0 Å². The molecule has 0 N–H and O–H groups in total. The van der Waals surface area contributed by atoms with E-state index in [4.69, 9.17) is 9.97 Å². The first-order valence-corrected chi connectivity index (χ1v) is 15.6. The molecule has 0 unspecified atom stereocenters. The van der Waals surface area contributed by atoms with Gasteiger partial charge in [-0.15, -0.1) is 0 Å². The SMILES string of the molecule is CC(C)c1ccc(-c2cc(-c3ccccc3)c3cc4nc(-c5ccc(C(C)C)cc5)cc(-c5ccccc5)c4cc3n2)cc1. The minimum atomic E-state index is 0.488. The van der Waals surface area contributed by atoms with Gasteiger partial charge in [0.1, 0.15) is 0 Å². The molecular weight excluding hydrogens is 532 g/mol. The summed E-state index contributed by atoms with van der Waals surface area (Å²) in [6.45, 7) is 8.91. The van der Waals surface area contributed by atoms with E-state index in [-0.39, 0.29) is 0 Å². The molecule has 0 radical (unpaired) electrons. The summed E-state index contributed by atoms with van der Waals surface area (Å²) >= 11 is 0. The monoisotopic (exact) mass is 568 g/mol. The molecule has 0 saturated carbocycles. The molecule has 0 aliphatic rings. The maximum Gasteiger partial charge on any atom is 0.0723 e. The van der Waals surface area contributed by atoms with Crippen LogP contribution in [-0.2, 0) is 0 Å². The topological polar surface area (TPSA) is 25.8 Å². The molecule has 2 aromatic heterocycles. The van der Waals surface area contributed by atoms with Gasteiger partial charge in [0.15, 0.2) is 0 Å². The molecule has 0 spiro atoms. The lowest BCUT2D eigenvalue weighted by molar-refractivity contribution is 0.867. The molecule has 0 aliphatic carbocycles. The van der Waals surface area contributed by atoms with Crippen LogP contribution in [0.2, 0.25) is 0 Å². The zero-order chi connectivity index (χ0) is 30.2. The third kappa shape index (κ3) is 5.29. The fourth-order valence-corrected chi connectivity index (χ4v) is 6.03. The Morgan fingerprint density at radius 1 is 0.386 bits per heavy atom. The van der Waals surface area contributed by atoms with Crippen molar-refractivity contribution in [2.45, 2.75) is 39.5 Å². The average molecular weight is 569 g/mol. The van der Waals surface area contributed by atoms with E-state index in [2.05, 4.69) is 161 Å². The van der Waals surface area contributed by atoms with E-state index in [0.717, 1.165) is 55.4 Å². The lowest BCUT2D eigenvalue weighted by Crippen LogP contribution is -1.95. The van der Waals surface area contributed by atoms with Gasteiger partial charge in [-0.25, -0.2) is 9.97 Å². The van der Waals surface area contributed by atoms with Gasteiger partial charge in [-0.2, -0.15) is 0 Å². The highest BCUT2D eigenvalue weighted by Crippen LogP contribution is 2.38. The summed E-state index contributed by atoms with van der Waals surface area (Å²) in [7, 11) is 0. The Bertz CT molecular complexity index is 1920. The number of aromatic nitrogens is 2. The van der Waals surface area contributed by atoms with Crippen LogP contribution in [0.25, 0.3) is 66.6 Å². The first-order chi connectivity index (χ1) is 21.4. The molecule has 0 fully saturated rings. The molecule has 0 amide bonds. The van der Waals surface area contributed by atoms with E-state index in [9.17, 15) is 0 Å². The van der Waals surface area contributed by atoms with Gasteiger partial charge < -0.3 is 0 Å². The Kier molecular flexibility index (Phi) is 7.28. The van der Waals surface area contributed by atoms with Crippen LogP contribution in [0.15, 0.2) is 133 Å². The molecule has 7 rings (SSSR count). The van der Waals surface area contributed by atoms with Crippen molar-refractivity contribution < 1.29 is 0 Å². The van der Waals surface area contributed by atoms with Crippen molar-refractivity contribution in [3.05, 3.63) is 145 Å². The number of fused-ring (bicyclic) bond motifs is 2. The van der Waals surface area contributed by atoms with Crippen molar-refractivity contribution in [1.29, 1.82) is 0 Å². The standard InChI is InChI=1S/C42H36N2/c1-27(2)29-15-19-33(20-16-29)39-23-35(31-11-7-5-8-12-31)37-26-42-38(25-41(37)43-39)36(32-13-9-6-10-14-32)24-40(44-42)34-21-17-30(18-22-34)28(3)4/h5-28H,1-4H3. The lowest BCUT2D eigenvalue weighted by atomic mass is 9.93. The molecule has 5 aromatic carbocycles. The van der Waals surface area contributed by atoms with Crippen molar-refractivity contribution >= 4 is 21.8 Å². The van der Waals surface area contributed by atoms with Crippen molar-refractivity contribution in [2.24, 2.45) is 0 Å². The van der Waals surface area contributed by atoms with Crippen molar-refractivity contribution in [3.63, 3.8) is 0 Å². The Balaban J connectivity index is 1.50. The summed E-state index contributed by atoms with van der Waals surface area (Å²) in [5, 5.41) is 2.20. The molecule has 2 heterocycles. The van der Waals surface area contributed by atoms with Gasteiger partial charge in [0.2, 0.25) is 0 Å². The maximum atomic E-state index is 5.27. The van der Waals surface area contributed by atoms with Crippen LogP contribution in [0, 0.1) is 0 Å². The second-order valence-electron chi connectivity index (χ2n) is 12.3. The lowest BCUT2D eigenvalue weighted by Gasteiger charge is -2.15. The first kappa shape index (κ1) is 27.7. The normalized spacial score (nSPS) is 11.6. The minimum Gasteiger partial charge on any atom is -0.248 e. The van der Waals surface area contributed by atoms with Gasteiger partial charge in [0.05, 0.1) is 22.4 Å². The van der Waals surface area contributed by atoms with Crippen LogP contribution >= 0.6 is 0 Å². The van der Waals surface area contributed by atoms with Crippen molar-refractivity contribution in [1.82, 2.24) is 9.97 Å². The molecule has 0 aliphatic heterocycles. The molecule has 44 heavy (non-hydrogen) atoms. The predicted octanol–water partition coefficient (Wildman–Crippen LogP) is 11.7. The summed E-state index contributed by atoms with van der Waals surface area (Å²) in [5.41, 5.74) is 13.4. The Labute approximate surface area is 260 Å². The van der Waals surface area contributed by atoms with Crippen LogP contribution in [0.5, 0.6) is 0 Å². The number of rotatable bonds is 6. The molecule has 0 saturated heterocycles. The zero-order valence-corrected chi connectivity index (χ0v) is 25.8. The fraction of sp³-hybridized carbons (Fsp3) is 0.143. The number of hydrogen-bond acceptors (Lipinski definition) is 2. The van der Waals surface area contributed by atoms with Gasteiger partial charge >= 0.3 is 0 Å². The summed E-state index contributed by atoms with van der Waals surface area (Å²) in [6, 6.07) is 47.9. The van der Waals surface area contributed by atoms with E-state index < -0.39 is 0 Å². The van der Waals surface area contributed by atoms with Gasteiger partial charge in [-0.3, -0.25) is 0 Å². The highest BCUT2D eigenvalue weighted by atomic mass is 14.7. The maximum absolute atomic E-state index is 5.27. The highest BCUT2D eigenvalue weighted by Gasteiger charge is 2.16. The zero-order valence-electron chi connectivity index (χ0n) is 25.8. The Morgan fingerprint density at radius 2 is 0.750 bits per heavy atom. The van der Waals surface area contributed by atoms with E-state index in [1.165, 1.54) is 22.3 Å². The van der Waals surface area contributed by atoms with Gasteiger partial charge in [0.25, 0.3) is 0 Å². The molecule has 2 heteroatoms. The fourth-order valence-electron chi connectivity index (χ4n) is 6.03. The summed E-state index contributed by atoms with van der Waals surface area (Å²) in [4.78, 5) is 10.5. The van der Waals surface area contributed by atoms with Gasteiger partial charge in [0, 0.05) is 21.9 Å². The third-order valence-electron chi connectivity index (χ3n) is 8.65. The van der Waals surface area contributed by atoms with E-state index in [1.807, 2.05) is 0 Å². The Morgan fingerprint density at radius 3 is 1.09 bits per heavy atom. The molecular formula is C42H36N2.